The molecule has 0 spiro atoms. The predicted molar refractivity (Wildman–Crippen MR) is 126 cm³/mol. The first-order chi connectivity index (χ1) is 14.8. The fraction of sp³-hybridized carbons (Fsp3) is 0.143. The lowest BCUT2D eigenvalue weighted by molar-refractivity contribution is 0.415. The second kappa shape index (κ2) is 8.08. The number of rotatable bonds is 6. The van der Waals surface area contributed by atoms with Crippen molar-refractivity contribution < 1.29 is 4.74 Å². The quantitative estimate of drug-likeness (QED) is 0.326. The van der Waals surface area contributed by atoms with E-state index in [1.165, 1.54) is 44.1 Å². The Morgan fingerprint density at radius 1 is 0.700 bits per heavy atom. The van der Waals surface area contributed by atoms with Crippen molar-refractivity contribution >= 4 is 21.8 Å². The molecule has 4 aromatic carbocycles. The Kier molecular flexibility index (Phi) is 4.98. The third-order valence-electron chi connectivity index (χ3n) is 5.89. The van der Waals surface area contributed by atoms with E-state index in [1.54, 1.807) is 7.11 Å². The average molecular weight is 392 g/mol. The van der Waals surface area contributed by atoms with Crippen molar-refractivity contribution in [3.8, 4) is 16.9 Å². The van der Waals surface area contributed by atoms with Crippen molar-refractivity contribution in [2.24, 2.45) is 0 Å². The van der Waals surface area contributed by atoms with E-state index in [0.29, 0.717) is 0 Å². The summed E-state index contributed by atoms with van der Waals surface area (Å²) >= 11 is 0. The first kappa shape index (κ1) is 18.5. The van der Waals surface area contributed by atoms with Crippen LogP contribution in [0.2, 0.25) is 0 Å². The number of methoxy groups -OCH3 is 1. The van der Waals surface area contributed by atoms with E-state index in [-0.39, 0.29) is 0 Å². The second-order valence-electron chi connectivity index (χ2n) is 7.76. The zero-order valence-corrected chi connectivity index (χ0v) is 17.2. The van der Waals surface area contributed by atoms with Crippen LogP contribution in [0.4, 0.5) is 0 Å². The van der Waals surface area contributed by atoms with E-state index in [4.69, 9.17) is 4.74 Å². The fourth-order valence-corrected chi connectivity index (χ4v) is 4.41. The van der Waals surface area contributed by atoms with Crippen LogP contribution in [0.1, 0.15) is 17.5 Å². The maximum Gasteiger partial charge on any atom is 0.118 e. The molecule has 2 heteroatoms. The van der Waals surface area contributed by atoms with Crippen LogP contribution in [0, 0.1) is 0 Å². The topological polar surface area (TPSA) is 25.0 Å². The third kappa shape index (κ3) is 3.46. The number of benzene rings is 4. The van der Waals surface area contributed by atoms with E-state index < -0.39 is 0 Å². The van der Waals surface area contributed by atoms with Crippen LogP contribution in [0.3, 0.4) is 0 Å². The molecule has 0 bridgehead atoms. The summed E-state index contributed by atoms with van der Waals surface area (Å²) < 4.78 is 5.39. The van der Waals surface area contributed by atoms with Gasteiger partial charge in [-0.2, -0.15) is 0 Å². The molecule has 0 saturated heterocycles. The van der Waals surface area contributed by atoms with Gasteiger partial charge in [0.15, 0.2) is 0 Å². The Morgan fingerprint density at radius 3 is 2.27 bits per heavy atom. The summed E-state index contributed by atoms with van der Waals surface area (Å²) in [5, 5.41) is 2.59. The van der Waals surface area contributed by atoms with Crippen LogP contribution < -0.4 is 4.74 Å². The number of nitrogens with one attached hydrogen (secondary N) is 1. The van der Waals surface area contributed by atoms with Gasteiger partial charge in [-0.25, -0.2) is 0 Å². The summed E-state index contributed by atoms with van der Waals surface area (Å²) in [6, 6.07) is 32.3. The number of hydrogen-bond donors (Lipinski definition) is 1. The minimum atomic E-state index is 0.885. The van der Waals surface area contributed by atoms with E-state index in [9.17, 15) is 0 Å². The number of H-pyrrole nitrogens is 1. The van der Waals surface area contributed by atoms with Gasteiger partial charge in [-0.1, -0.05) is 66.7 Å². The Morgan fingerprint density at radius 2 is 1.47 bits per heavy atom. The van der Waals surface area contributed by atoms with Gasteiger partial charge in [-0.05, 0) is 65.8 Å². The largest absolute Gasteiger partial charge is 0.497 e. The minimum absolute atomic E-state index is 0.885. The molecule has 0 aliphatic rings. The Labute approximate surface area is 177 Å². The zero-order valence-electron chi connectivity index (χ0n) is 17.2. The molecule has 0 saturated carbocycles. The summed E-state index contributed by atoms with van der Waals surface area (Å²) in [6.45, 7) is 0. The molecule has 5 aromatic rings. The Hall–Kier alpha value is -3.52. The number of aromatic amines is 1. The van der Waals surface area contributed by atoms with Gasteiger partial charge in [0.05, 0.1) is 7.11 Å². The number of aryl methyl sites for hydroxylation is 2. The molecule has 2 nitrogen and oxygen atoms in total. The maximum atomic E-state index is 5.39. The number of aromatic nitrogens is 1. The molecule has 1 heterocycles. The molecule has 148 valence electrons. The van der Waals surface area contributed by atoms with Gasteiger partial charge < -0.3 is 9.72 Å². The molecule has 0 radical (unpaired) electrons. The summed E-state index contributed by atoms with van der Waals surface area (Å²) in [4.78, 5) is 3.60. The molecule has 0 aliphatic carbocycles. The van der Waals surface area contributed by atoms with Gasteiger partial charge in [0, 0.05) is 21.8 Å². The summed E-state index contributed by atoms with van der Waals surface area (Å²) in [5.74, 6) is 0.885. The molecule has 1 N–H and O–H groups in total. The van der Waals surface area contributed by atoms with E-state index in [1.807, 2.05) is 0 Å². The maximum absolute atomic E-state index is 5.39. The average Bonchev–Trinajstić information content (AvgIpc) is 3.18. The van der Waals surface area contributed by atoms with Crippen molar-refractivity contribution in [2.45, 2.75) is 19.3 Å². The van der Waals surface area contributed by atoms with Gasteiger partial charge >= 0.3 is 0 Å². The van der Waals surface area contributed by atoms with E-state index in [2.05, 4.69) is 96.0 Å². The van der Waals surface area contributed by atoms with Gasteiger partial charge in [-0.3, -0.25) is 0 Å². The molecular formula is C28H25NO. The Bertz CT molecular complexity index is 1280. The van der Waals surface area contributed by atoms with Crippen molar-refractivity contribution in [1.29, 1.82) is 0 Å². The first-order valence-corrected chi connectivity index (χ1v) is 10.5. The molecule has 0 fully saturated rings. The smallest absolute Gasteiger partial charge is 0.118 e. The summed E-state index contributed by atoms with van der Waals surface area (Å²) in [5.41, 5.74) is 7.74. The number of ether oxygens (including phenoxy) is 1. The van der Waals surface area contributed by atoms with Crippen LogP contribution in [0.15, 0.2) is 91.0 Å². The molecule has 1 aromatic heterocycles. The standard InChI is InChI=1S/C28H25NO/c1-30-23-17-14-22(15-18-23)27-21(11-7-10-20-8-3-2-4-9-20)16-19-26-28(27)24-12-5-6-13-25(24)29-26/h2-6,8-9,12-19,29H,7,10-11H2,1H3. The second-order valence-corrected chi connectivity index (χ2v) is 7.76. The highest BCUT2D eigenvalue weighted by molar-refractivity contribution is 6.14. The van der Waals surface area contributed by atoms with Crippen LogP contribution in [0.5, 0.6) is 5.75 Å². The van der Waals surface area contributed by atoms with E-state index in [0.717, 1.165) is 25.0 Å². The van der Waals surface area contributed by atoms with Crippen LogP contribution in [-0.4, -0.2) is 12.1 Å². The molecule has 30 heavy (non-hydrogen) atoms. The van der Waals surface area contributed by atoms with Crippen molar-refractivity contribution in [1.82, 2.24) is 4.98 Å². The summed E-state index contributed by atoms with van der Waals surface area (Å²) in [7, 11) is 1.71. The molecule has 0 amide bonds. The number of hydrogen-bond acceptors (Lipinski definition) is 1. The number of para-hydroxylation sites is 1. The van der Waals surface area contributed by atoms with Crippen LogP contribution >= 0.6 is 0 Å². The highest BCUT2D eigenvalue weighted by atomic mass is 16.5. The lowest BCUT2D eigenvalue weighted by Crippen LogP contribution is -1.94. The molecule has 0 unspecified atom stereocenters. The van der Waals surface area contributed by atoms with Crippen molar-refractivity contribution in [2.75, 3.05) is 7.11 Å². The van der Waals surface area contributed by atoms with Crippen LogP contribution in [-0.2, 0) is 12.8 Å². The Balaban J connectivity index is 1.60. The lowest BCUT2D eigenvalue weighted by atomic mass is 9.91. The lowest BCUT2D eigenvalue weighted by Gasteiger charge is -2.13. The molecule has 5 rings (SSSR count). The van der Waals surface area contributed by atoms with Gasteiger partial charge in [0.1, 0.15) is 5.75 Å². The van der Waals surface area contributed by atoms with Crippen molar-refractivity contribution in [3.63, 3.8) is 0 Å². The van der Waals surface area contributed by atoms with Crippen LogP contribution in [0.25, 0.3) is 32.9 Å². The minimum Gasteiger partial charge on any atom is -0.497 e. The fourth-order valence-electron chi connectivity index (χ4n) is 4.41. The molecular weight excluding hydrogens is 366 g/mol. The third-order valence-corrected chi connectivity index (χ3v) is 5.89. The predicted octanol–water partition coefficient (Wildman–Crippen LogP) is 7.17. The van der Waals surface area contributed by atoms with E-state index >= 15 is 0 Å². The SMILES string of the molecule is COc1ccc(-c2c(CCCc3ccccc3)ccc3[nH]c4ccccc4c23)cc1. The highest BCUT2D eigenvalue weighted by Gasteiger charge is 2.15. The molecule has 0 atom stereocenters. The first-order valence-electron chi connectivity index (χ1n) is 10.5. The monoisotopic (exact) mass is 391 g/mol. The van der Waals surface area contributed by atoms with Gasteiger partial charge in [0.25, 0.3) is 0 Å². The highest BCUT2D eigenvalue weighted by Crippen LogP contribution is 2.38. The normalized spacial score (nSPS) is 11.2. The van der Waals surface area contributed by atoms with Gasteiger partial charge in [0.2, 0.25) is 0 Å². The number of fused-ring (bicyclic) bond motifs is 3. The zero-order chi connectivity index (χ0) is 20.3. The summed E-state index contributed by atoms with van der Waals surface area (Å²) in [6.07, 6.45) is 3.27. The molecule has 0 aliphatic heterocycles. The van der Waals surface area contributed by atoms with Crippen molar-refractivity contribution in [3.05, 3.63) is 102 Å². The van der Waals surface area contributed by atoms with Gasteiger partial charge in [-0.15, -0.1) is 0 Å².